The highest BCUT2D eigenvalue weighted by molar-refractivity contribution is 6.29. The van der Waals surface area contributed by atoms with E-state index in [1.165, 1.54) is 18.6 Å². The van der Waals surface area contributed by atoms with Gasteiger partial charge in [0.05, 0.1) is 35.3 Å². The van der Waals surface area contributed by atoms with E-state index in [0.717, 1.165) is 4.68 Å². The summed E-state index contributed by atoms with van der Waals surface area (Å²) < 4.78 is 46.2. The molecule has 0 radical (unpaired) electrons. The van der Waals surface area contributed by atoms with Crippen molar-refractivity contribution < 1.29 is 17.9 Å². The number of anilines is 2. The summed E-state index contributed by atoms with van der Waals surface area (Å²) in [7, 11) is 1.76. The average Bonchev–Trinajstić information content (AvgIpc) is 3.43. The van der Waals surface area contributed by atoms with Crippen LogP contribution < -0.4 is 15.8 Å². The van der Waals surface area contributed by atoms with Crippen molar-refractivity contribution in [3.8, 4) is 29.1 Å². The van der Waals surface area contributed by atoms with E-state index in [1.807, 2.05) is 6.92 Å². The number of rotatable bonds is 8. The summed E-state index contributed by atoms with van der Waals surface area (Å²) >= 11 is 6.06. The van der Waals surface area contributed by atoms with E-state index >= 15 is 0 Å². The van der Waals surface area contributed by atoms with E-state index in [0.29, 0.717) is 52.9 Å². The molecule has 0 saturated heterocycles. The van der Waals surface area contributed by atoms with Crippen LogP contribution in [0.15, 0.2) is 43.1 Å². The third-order valence-corrected chi connectivity index (χ3v) is 5.37. The van der Waals surface area contributed by atoms with Gasteiger partial charge >= 0.3 is 6.18 Å². The highest BCUT2D eigenvalue weighted by Crippen LogP contribution is 2.28. The summed E-state index contributed by atoms with van der Waals surface area (Å²) in [6.07, 6.45) is 3.19. The Kier molecular flexibility index (Phi) is 8.02. The van der Waals surface area contributed by atoms with Crippen LogP contribution in [0.1, 0.15) is 24.5 Å². The molecular formula is C24H23ClF3N9O. The summed E-state index contributed by atoms with van der Waals surface area (Å²) in [5, 5.41) is 11.5. The van der Waals surface area contributed by atoms with Crippen LogP contribution in [0.5, 0.6) is 5.88 Å². The van der Waals surface area contributed by atoms with E-state index in [4.69, 9.17) is 22.1 Å². The second-order valence-electron chi connectivity index (χ2n) is 8.28. The van der Waals surface area contributed by atoms with Crippen molar-refractivity contribution in [1.82, 2.24) is 34.5 Å². The fourth-order valence-corrected chi connectivity index (χ4v) is 3.55. The third-order valence-electron chi connectivity index (χ3n) is 5.17. The Hall–Kier alpha value is -4.31. The Bertz CT molecular complexity index is 1470. The Morgan fingerprint density at radius 2 is 2.00 bits per heavy atom. The van der Waals surface area contributed by atoms with Gasteiger partial charge in [0.25, 0.3) is 0 Å². The van der Waals surface area contributed by atoms with Crippen molar-refractivity contribution in [3.63, 3.8) is 0 Å². The van der Waals surface area contributed by atoms with Crippen LogP contribution in [0.25, 0.3) is 11.4 Å². The van der Waals surface area contributed by atoms with Gasteiger partial charge in [0, 0.05) is 38.6 Å². The molecule has 0 spiro atoms. The lowest BCUT2D eigenvalue weighted by molar-refractivity contribution is -0.142. The van der Waals surface area contributed by atoms with Crippen molar-refractivity contribution in [2.24, 2.45) is 7.05 Å². The van der Waals surface area contributed by atoms with Gasteiger partial charge in [-0.1, -0.05) is 23.4 Å². The molecule has 0 aliphatic heterocycles. The number of nitrogens with one attached hydrogen (secondary N) is 1. The summed E-state index contributed by atoms with van der Waals surface area (Å²) in [5.41, 5.74) is 7.90. The fraction of sp³-hybridized carbons (Fsp3) is 0.292. The number of aromatic nitrogens is 7. The minimum atomic E-state index is -4.36. The molecule has 4 aromatic heterocycles. The summed E-state index contributed by atoms with van der Waals surface area (Å²) in [6.45, 7) is 1.23. The Morgan fingerprint density at radius 1 is 1.18 bits per heavy atom. The zero-order valence-electron chi connectivity index (χ0n) is 20.4. The molecule has 3 N–H and O–H groups in total. The molecule has 0 unspecified atom stereocenters. The normalized spacial score (nSPS) is 12.1. The topological polar surface area (TPSA) is 122 Å². The number of aryl methyl sites for hydroxylation is 1. The number of halogens is 4. The molecule has 4 aromatic rings. The Morgan fingerprint density at radius 3 is 2.76 bits per heavy atom. The van der Waals surface area contributed by atoms with Crippen LogP contribution >= 0.6 is 11.6 Å². The van der Waals surface area contributed by atoms with Gasteiger partial charge in [0.1, 0.15) is 23.1 Å². The number of hydrogen-bond donors (Lipinski definition) is 2. The van der Waals surface area contributed by atoms with Gasteiger partial charge in [-0.25, -0.2) is 19.6 Å². The Balaban J connectivity index is 1.39. The van der Waals surface area contributed by atoms with Crippen molar-refractivity contribution in [2.45, 2.75) is 32.2 Å². The molecule has 10 nitrogen and oxygen atoms in total. The SMILES string of the molecule is C[C@@H](CCNc1cc(Cl)ncc1C#Cc1cnn(CC(F)(F)F)c1)Oc1c(-c2nccc(N)n2)cnn1C. The maximum atomic E-state index is 12.6. The highest BCUT2D eigenvalue weighted by atomic mass is 35.5. The predicted molar refractivity (Wildman–Crippen MR) is 135 cm³/mol. The van der Waals surface area contributed by atoms with Crippen molar-refractivity contribution >= 4 is 23.1 Å². The molecule has 4 heterocycles. The smallest absolute Gasteiger partial charge is 0.408 e. The average molecular weight is 546 g/mol. The predicted octanol–water partition coefficient (Wildman–Crippen LogP) is 3.94. The van der Waals surface area contributed by atoms with Gasteiger partial charge in [0.2, 0.25) is 5.88 Å². The van der Waals surface area contributed by atoms with E-state index in [2.05, 4.69) is 42.3 Å². The molecular weight excluding hydrogens is 523 g/mol. The maximum Gasteiger partial charge on any atom is 0.408 e. The first-order chi connectivity index (χ1) is 18.1. The lowest BCUT2D eigenvalue weighted by Crippen LogP contribution is -2.19. The zero-order chi connectivity index (χ0) is 27.3. The molecule has 4 rings (SSSR count). The molecule has 1 atom stereocenters. The van der Waals surface area contributed by atoms with Crippen LogP contribution in [-0.4, -0.2) is 53.3 Å². The number of nitrogen functional groups attached to an aromatic ring is 1. The number of alkyl halides is 3. The van der Waals surface area contributed by atoms with Crippen molar-refractivity contribution in [1.29, 1.82) is 0 Å². The molecule has 0 aromatic carbocycles. The van der Waals surface area contributed by atoms with Gasteiger partial charge in [-0.2, -0.15) is 23.4 Å². The number of hydrogen-bond acceptors (Lipinski definition) is 8. The van der Waals surface area contributed by atoms with Crippen LogP contribution in [-0.2, 0) is 13.6 Å². The fourth-order valence-electron chi connectivity index (χ4n) is 3.39. The largest absolute Gasteiger partial charge is 0.474 e. The minimum Gasteiger partial charge on any atom is -0.474 e. The number of nitrogens with zero attached hydrogens (tertiary/aromatic N) is 7. The zero-order valence-corrected chi connectivity index (χ0v) is 21.1. The van der Waals surface area contributed by atoms with Gasteiger partial charge in [-0.05, 0) is 19.1 Å². The number of pyridine rings is 1. The lowest BCUT2D eigenvalue weighted by atomic mass is 10.2. The van der Waals surface area contributed by atoms with Gasteiger partial charge in [-0.15, -0.1) is 0 Å². The number of ether oxygens (including phenoxy) is 1. The first-order valence-corrected chi connectivity index (χ1v) is 11.7. The van der Waals surface area contributed by atoms with Gasteiger partial charge in [-0.3, -0.25) is 4.68 Å². The first-order valence-electron chi connectivity index (χ1n) is 11.4. The van der Waals surface area contributed by atoms with Crippen LogP contribution in [0.3, 0.4) is 0 Å². The van der Waals surface area contributed by atoms with Crippen LogP contribution in [0, 0.1) is 11.8 Å². The monoisotopic (exact) mass is 545 g/mol. The highest BCUT2D eigenvalue weighted by Gasteiger charge is 2.28. The van der Waals surface area contributed by atoms with E-state index in [-0.39, 0.29) is 11.3 Å². The molecule has 0 saturated carbocycles. The summed E-state index contributed by atoms with van der Waals surface area (Å²) in [4.78, 5) is 12.5. The first kappa shape index (κ1) is 26.7. The van der Waals surface area contributed by atoms with E-state index in [9.17, 15) is 13.2 Å². The molecule has 198 valence electrons. The Labute approximate surface area is 221 Å². The van der Waals surface area contributed by atoms with E-state index in [1.54, 1.807) is 36.3 Å². The van der Waals surface area contributed by atoms with E-state index < -0.39 is 12.7 Å². The molecule has 0 bridgehead atoms. The second kappa shape index (κ2) is 11.4. The third kappa shape index (κ3) is 7.13. The van der Waals surface area contributed by atoms with Gasteiger partial charge in [0.15, 0.2) is 5.82 Å². The van der Waals surface area contributed by atoms with Crippen molar-refractivity contribution in [3.05, 3.63) is 59.4 Å². The molecule has 0 aliphatic carbocycles. The molecule has 38 heavy (non-hydrogen) atoms. The number of nitrogens with two attached hydrogens (primary N) is 1. The standard InChI is InChI=1S/C24H23ClF3N9O/c1-15(38-23-18(12-33-36(23)2)22-31-8-6-21(29)35-22)5-7-30-19-9-20(25)32-11-17(19)4-3-16-10-34-37(13-16)14-24(26,27)28/h6,8-13,15H,5,7,14H2,1-2H3,(H,30,32)(H2,29,31,35)/t15-/m0/s1. The molecule has 0 amide bonds. The molecule has 0 aliphatic rings. The lowest BCUT2D eigenvalue weighted by Gasteiger charge is -2.17. The summed E-state index contributed by atoms with van der Waals surface area (Å²) in [5.74, 6) is 6.98. The summed E-state index contributed by atoms with van der Waals surface area (Å²) in [6, 6.07) is 3.22. The second-order valence-corrected chi connectivity index (χ2v) is 8.67. The minimum absolute atomic E-state index is 0.218. The maximum absolute atomic E-state index is 12.6. The quantitative estimate of drug-likeness (QED) is 0.252. The van der Waals surface area contributed by atoms with Crippen LogP contribution in [0.2, 0.25) is 5.15 Å². The van der Waals surface area contributed by atoms with Crippen molar-refractivity contribution in [2.75, 3.05) is 17.6 Å². The molecule has 14 heteroatoms. The molecule has 0 fully saturated rings. The van der Waals surface area contributed by atoms with Crippen LogP contribution in [0.4, 0.5) is 24.7 Å². The van der Waals surface area contributed by atoms with Gasteiger partial charge < -0.3 is 15.8 Å².